The van der Waals surface area contributed by atoms with Gasteiger partial charge in [-0.3, -0.25) is 4.79 Å². The highest BCUT2D eigenvalue weighted by atomic mass is 35.5. The van der Waals surface area contributed by atoms with Gasteiger partial charge in [0, 0.05) is 29.2 Å². The van der Waals surface area contributed by atoms with Crippen LogP contribution < -0.4 is 0 Å². The Balaban J connectivity index is 2.08. The predicted octanol–water partition coefficient (Wildman–Crippen LogP) is 5.56. The van der Waals surface area contributed by atoms with Crippen molar-refractivity contribution in [2.45, 2.75) is 24.0 Å². The number of halogens is 3. The van der Waals surface area contributed by atoms with Crippen LogP contribution in [0.15, 0.2) is 59.5 Å². The van der Waals surface area contributed by atoms with Gasteiger partial charge in [0.05, 0.1) is 10.8 Å². The van der Waals surface area contributed by atoms with E-state index in [4.69, 9.17) is 11.6 Å². The number of carbonyl (C=O) groups excluding carboxylic acids is 1. The number of hydrogen-bond donors (Lipinski definition) is 1. The molecule has 0 radical (unpaired) electrons. The smallest absolute Gasteiger partial charge is 0.186 e. The largest absolute Gasteiger partial charge is 0.505 e. The summed E-state index contributed by atoms with van der Waals surface area (Å²) in [5.74, 6) is -3.82. The molecule has 0 bridgehead atoms. The van der Waals surface area contributed by atoms with Crippen molar-refractivity contribution in [3.63, 3.8) is 0 Å². The van der Waals surface area contributed by atoms with E-state index in [1.165, 1.54) is 6.07 Å². The van der Waals surface area contributed by atoms with E-state index in [2.05, 4.69) is 0 Å². The van der Waals surface area contributed by atoms with Gasteiger partial charge in [-0.25, -0.2) is 17.2 Å². The molecule has 0 saturated heterocycles. The van der Waals surface area contributed by atoms with Gasteiger partial charge in [-0.1, -0.05) is 48.9 Å². The third-order valence-corrected chi connectivity index (χ3v) is 6.53. The number of carbonyl (C=O) groups is 1. The van der Waals surface area contributed by atoms with Gasteiger partial charge in [0.15, 0.2) is 21.4 Å². The number of sulfone groups is 1. The highest BCUT2D eigenvalue weighted by Gasteiger charge is 2.26. The minimum absolute atomic E-state index is 0.0171. The van der Waals surface area contributed by atoms with E-state index in [1.54, 1.807) is 37.3 Å². The molecule has 4 nitrogen and oxygen atoms in total. The van der Waals surface area contributed by atoms with Crippen LogP contribution in [0, 0.1) is 11.6 Å². The molecule has 0 fully saturated rings. The number of Topliss-reactive ketones (excluding diaryl/α,β-unsaturated/α-hetero) is 1. The summed E-state index contributed by atoms with van der Waals surface area (Å²) in [5.41, 5.74) is 0.232. The van der Waals surface area contributed by atoms with Gasteiger partial charge in [0.25, 0.3) is 0 Å². The van der Waals surface area contributed by atoms with Crippen molar-refractivity contribution in [3.8, 4) is 16.9 Å². The van der Waals surface area contributed by atoms with Crippen LogP contribution in [0.2, 0.25) is 5.02 Å². The number of phenolic OH excluding ortho intramolecular Hbond substituents is 1. The number of rotatable bonds is 6. The van der Waals surface area contributed by atoms with Crippen LogP contribution in [0.4, 0.5) is 8.78 Å². The van der Waals surface area contributed by atoms with E-state index in [0.29, 0.717) is 11.6 Å². The Morgan fingerprint density at radius 3 is 2.33 bits per heavy atom. The summed E-state index contributed by atoms with van der Waals surface area (Å²) >= 11 is 5.90. The number of hydrogen-bond acceptors (Lipinski definition) is 4. The van der Waals surface area contributed by atoms with Gasteiger partial charge in [-0.15, -0.1) is 0 Å². The molecule has 3 aromatic rings. The molecule has 0 heterocycles. The summed E-state index contributed by atoms with van der Waals surface area (Å²) in [6, 6.07) is 12.2. The zero-order valence-corrected chi connectivity index (χ0v) is 17.4. The third-order valence-electron chi connectivity index (χ3n) is 4.57. The van der Waals surface area contributed by atoms with Gasteiger partial charge >= 0.3 is 0 Å². The van der Waals surface area contributed by atoms with Gasteiger partial charge < -0.3 is 5.11 Å². The maximum Gasteiger partial charge on any atom is 0.186 e. The van der Waals surface area contributed by atoms with Crippen LogP contribution in [0.25, 0.3) is 11.1 Å². The minimum atomic E-state index is -4.31. The molecule has 0 aliphatic rings. The van der Waals surface area contributed by atoms with Gasteiger partial charge in [0.2, 0.25) is 0 Å². The number of aromatic hydroxyl groups is 1. The fourth-order valence-corrected chi connectivity index (χ4v) is 4.77. The van der Waals surface area contributed by atoms with Gasteiger partial charge in [-0.2, -0.15) is 0 Å². The van der Waals surface area contributed by atoms with Crippen LogP contribution in [0.3, 0.4) is 0 Å². The zero-order chi connectivity index (χ0) is 22.1. The Morgan fingerprint density at radius 2 is 1.70 bits per heavy atom. The van der Waals surface area contributed by atoms with Crippen molar-refractivity contribution in [2.75, 3.05) is 0 Å². The van der Waals surface area contributed by atoms with E-state index < -0.39 is 37.9 Å². The predicted molar refractivity (Wildman–Crippen MR) is 110 cm³/mol. The molecule has 1 N–H and O–H groups in total. The fraction of sp³-hybridized carbons (Fsp3) is 0.136. The minimum Gasteiger partial charge on any atom is -0.505 e. The van der Waals surface area contributed by atoms with Crippen LogP contribution in [0.1, 0.15) is 29.3 Å². The summed E-state index contributed by atoms with van der Waals surface area (Å²) in [5, 5.41) is 9.85. The van der Waals surface area contributed by atoms with Gasteiger partial charge in [-0.05, 0) is 23.8 Å². The summed E-state index contributed by atoms with van der Waals surface area (Å²) in [6.07, 6.45) is 0.105. The van der Waals surface area contributed by atoms with Crippen molar-refractivity contribution in [1.82, 2.24) is 0 Å². The molecule has 0 spiro atoms. The Bertz CT molecular complexity index is 1230. The first-order chi connectivity index (χ1) is 14.1. The summed E-state index contributed by atoms with van der Waals surface area (Å²) in [4.78, 5) is 11.4. The van der Waals surface area contributed by atoms with E-state index in [1.807, 2.05) is 0 Å². The molecular weight excluding hydrogens is 434 g/mol. The average molecular weight is 451 g/mol. The molecule has 0 aliphatic carbocycles. The maximum atomic E-state index is 14.4. The third kappa shape index (κ3) is 4.37. The lowest BCUT2D eigenvalue weighted by Crippen LogP contribution is -2.09. The monoisotopic (exact) mass is 450 g/mol. The molecule has 3 rings (SSSR count). The van der Waals surface area contributed by atoms with Crippen LogP contribution in [0.5, 0.6) is 5.75 Å². The maximum absolute atomic E-state index is 14.4. The topological polar surface area (TPSA) is 71.4 Å². The average Bonchev–Trinajstić information content (AvgIpc) is 2.71. The highest BCUT2D eigenvalue weighted by molar-refractivity contribution is 7.90. The molecular formula is C22H17ClF2O4S. The van der Waals surface area contributed by atoms with E-state index >= 15 is 0 Å². The zero-order valence-electron chi connectivity index (χ0n) is 15.8. The number of benzene rings is 3. The molecule has 0 saturated carbocycles. The molecule has 156 valence electrons. The SMILES string of the molecule is CCC(=O)c1cc(Cl)c(O)c(S(=O)(=O)Cc2cc(-c3ccccc3)c(F)cc2F)c1. The molecule has 0 aromatic heterocycles. The first-order valence-electron chi connectivity index (χ1n) is 8.96. The second kappa shape index (κ2) is 8.53. The Morgan fingerprint density at radius 1 is 1.03 bits per heavy atom. The van der Waals surface area contributed by atoms with Crippen LogP contribution in [-0.2, 0) is 15.6 Å². The Labute approximate surface area is 177 Å². The molecule has 8 heteroatoms. The molecule has 0 atom stereocenters. The lowest BCUT2D eigenvalue weighted by Gasteiger charge is -2.12. The molecule has 0 amide bonds. The second-order valence-electron chi connectivity index (χ2n) is 6.63. The Kier molecular flexibility index (Phi) is 6.24. The highest BCUT2D eigenvalue weighted by Crippen LogP contribution is 2.35. The quantitative estimate of drug-likeness (QED) is 0.499. The summed E-state index contributed by atoms with van der Waals surface area (Å²) < 4.78 is 54.5. The van der Waals surface area contributed by atoms with Crippen molar-refractivity contribution in [3.05, 3.63) is 82.4 Å². The normalized spacial score (nSPS) is 11.5. The molecule has 30 heavy (non-hydrogen) atoms. The van der Waals surface area contributed by atoms with Gasteiger partial charge in [0.1, 0.15) is 16.5 Å². The van der Waals surface area contributed by atoms with Crippen molar-refractivity contribution in [1.29, 1.82) is 0 Å². The lowest BCUT2D eigenvalue weighted by molar-refractivity contribution is 0.0988. The fourth-order valence-electron chi connectivity index (χ4n) is 3.00. The van der Waals surface area contributed by atoms with E-state index in [0.717, 1.165) is 12.1 Å². The standard InChI is InChI=1S/C22H17ClF2O4S/c1-2-20(26)14-9-17(23)22(27)21(10-14)30(28,29)12-15-8-16(19(25)11-18(15)24)13-6-4-3-5-7-13/h3-11,27H,2,12H2,1H3. The van der Waals surface area contributed by atoms with Crippen molar-refractivity contribution < 1.29 is 27.1 Å². The second-order valence-corrected chi connectivity index (χ2v) is 9.00. The van der Waals surface area contributed by atoms with E-state index in [-0.39, 0.29) is 33.9 Å². The van der Waals surface area contributed by atoms with Crippen LogP contribution >= 0.6 is 11.6 Å². The Hall–Kier alpha value is -2.77. The summed E-state index contributed by atoms with van der Waals surface area (Å²) in [6.45, 7) is 1.59. The van der Waals surface area contributed by atoms with E-state index in [9.17, 15) is 27.1 Å². The first kappa shape index (κ1) is 21.9. The number of ketones is 1. The molecule has 3 aromatic carbocycles. The summed E-state index contributed by atoms with van der Waals surface area (Å²) in [7, 11) is -4.31. The molecule has 0 aliphatic heterocycles. The first-order valence-corrected chi connectivity index (χ1v) is 11.0. The van der Waals surface area contributed by atoms with Crippen LogP contribution in [-0.4, -0.2) is 19.3 Å². The van der Waals surface area contributed by atoms with Crippen molar-refractivity contribution >= 4 is 27.2 Å². The molecule has 0 unspecified atom stereocenters. The number of phenols is 1. The van der Waals surface area contributed by atoms with Crippen molar-refractivity contribution in [2.24, 2.45) is 0 Å². The lowest BCUT2D eigenvalue weighted by atomic mass is 10.0.